The number of carbonyl (C=O) groups is 1. The van der Waals surface area contributed by atoms with E-state index in [1.807, 2.05) is 25.3 Å². The van der Waals surface area contributed by atoms with Gasteiger partial charge in [-0.05, 0) is 30.9 Å². The van der Waals surface area contributed by atoms with Crippen LogP contribution in [-0.2, 0) is 0 Å². The standard InChI is InChI=1S/C10H13NOS/c1-7(2)6-11-10(12)9-8(3)4-5-13-9/h4-5H,1,6H2,2-3H3,(H,11,12). The van der Waals surface area contributed by atoms with Crippen molar-refractivity contribution >= 4 is 17.2 Å². The molecule has 0 aliphatic carbocycles. The van der Waals surface area contributed by atoms with Crippen molar-refractivity contribution in [3.05, 3.63) is 34.0 Å². The van der Waals surface area contributed by atoms with Gasteiger partial charge in [0.2, 0.25) is 0 Å². The minimum atomic E-state index is -0.00417. The van der Waals surface area contributed by atoms with Crippen LogP contribution < -0.4 is 5.32 Å². The van der Waals surface area contributed by atoms with Gasteiger partial charge in [-0.1, -0.05) is 12.2 Å². The molecule has 1 amide bonds. The number of thiophene rings is 1. The van der Waals surface area contributed by atoms with Gasteiger partial charge in [0.05, 0.1) is 4.88 Å². The SMILES string of the molecule is C=C(C)CNC(=O)c1sccc1C. The van der Waals surface area contributed by atoms with Crippen molar-refractivity contribution in [3.63, 3.8) is 0 Å². The van der Waals surface area contributed by atoms with E-state index >= 15 is 0 Å². The summed E-state index contributed by atoms with van der Waals surface area (Å²) in [6.45, 7) is 8.10. The van der Waals surface area contributed by atoms with E-state index < -0.39 is 0 Å². The van der Waals surface area contributed by atoms with E-state index in [0.29, 0.717) is 6.54 Å². The molecule has 0 atom stereocenters. The lowest BCUT2D eigenvalue weighted by molar-refractivity contribution is 0.0960. The van der Waals surface area contributed by atoms with Crippen molar-refractivity contribution in [1.82, 2.24) is 5.32 Å². The van der Waals surface area contributed by atoms with Crippen LogP contribution >= 0.6 is 11.3 Å². The maximum Gasteiger partial charge on any atom is 0.261 e. The second-order valence-corrected chi connectivity index (χ2v) is 3.99. The van der Waals surface area contributed by atoms with Crippen LogP contribution in [0.2, 0.25) is 0 Å². The second kappa shape index (κ2) is 4.23. The second-order valence-electron chi connectivity index (χ2n) is 3.07. The Hall–Kier alpha value is -1.09. The molecule has 0 bridgehead atoms. The highest BCUT2D eigenvalue weighted by Gasteiger charge is 2.08. The fraction of sp³-hybridized carbons (Fsp3) is 0.300. The highest BCUT2D eigenvalue weighted by Crippen LogP contribution is 2.14. The molecule has 0 spiro atoms. The van der Waals surface area contributed by atoms with Gasteiger partial charge < -0.3 is 5.32 Å². The van der Waals surface area contributed by atoms with Gasteiger partial charge in [0.1, 0.15) is 0 Å². The molecule has 1 rings (SSSR count). The Morgan fingerprint density at radius 2 is 2.38 bits per heavy atom. The summed E-state index contributed by atoms with van der Waals surface area (Å²) < 4.78 is 0. The van der Waals surface area contributed by atoms with Gasteiger partial charge in [0, 0.05) is 6.54 Å². The van der Waals surface area contributed by atoms with E-state index in [-0.39, 0.29) is 5.91 Å². The van der Waals surface area contributed by atoms with Gasteiger partial charge in [-0.3, -0.25) is 4.79 Å². The first-order valence-electron chi connectivity index (χ1n) is 4.08. The van der Waals surface area contributed by atoms with Gasteiger partial charge in [-0.25, -0.2) is 0 Å². The molecule has 0 saturated heterocycles. The minimum Gasteiger partial charge on any atom is -0.348 e. The van der Waals surface area contributed by atoms with E-state index in [1.165, 1.54) is 11.3 Å². The summed E-state index contributed by atoms with van der Waals surface area (Å²) in [5.41, 5.74) is 1.99. The first kappa shape index (κ1) is 9.99. The Kier molecular flexibility index (Phi) is 3.25. The fourth-order valence-electron chi connectivity index (χ4n) is 0.917. The number of rotatable bonds is 3. The molecule has 1 N–H and O–H groups in total. The fourth-order valence-corrected chi connectivity index (χ4v) is 1.76. The molecule has 0 aliphatic heterocycles. The third-order valence-electron chi connectivity index (χ3n) is 1.62. The maximum absolute atomic E-state index is 11.5. The molecule has 0 fully saturated rings. The van der Waals surface area contributed by atoms with E-state index in [1.54, 1.807) is 0 Å². The number of amides is 1. The number of nitrogens with one attached hydrogen (secondary N) is 1. The van der Waals surface area contributed by atoms with Gasteiger partial charge in [-0.2, -0.15) is 0 Å². The Labute approximate surface area is 82.3 Å². The quantitative estimate of drug-likeness (QED) is 0.737. The van der Waals surface area contributed by atoms with Crippen LogP contribution in [-0.4, -0.2) is 12.5 Å². The highest BCUT2D eigenvalue weighted by molar-refractivity contribution is 7.12. The van der Waals surface area contributed by atoms with Crippen LogP contribution in [0, 0.1) is 6.92 Å². The summed E-state index contributed by atoms with van der Waals surface area (Å²) in [4.78, 5) is 12.3. The third-order valence-corrected chi connectivity index (χ3v) is 2.63. The smallest absolute Gasteiger partial charge is 0.261 e. The topological polar surface area (TPSA) is 29.1 Å². The van der Waals surface area contributed by atoms with Crippen molar-refractivity contribution in [1.29, 1.82) is 0 Å². The molecule has 0 unspecified atom stereocenters. The summed E-state index contributed by atoms with van der Waals surface area (Å²) in [7, 11) is 0. The summed E-state index contributed by atoms with van der Waals surface area (Å²) in [6.07, 6.45) is 0. The van der Waals surface area contributed by atoms with Crippen molar-refractivity contribution in [2.45, 2.75) is 13.8 Å². The monoisotopic (exact) mass is 195 g/mol. The third kappa shape index (κ3) is 2.70. The zero-order valence-corrected chi connectivity index (χ0v) is 8.70. The highest BCUT2D eigenvalue weighted by atomic mass is 32.1. The number of aryl methyl sites for hydroxylation is 1. The Balaban J connectivity index is 2.59. The molecule has 2 nitrogen and oxygen atoms in total. The summed E-state index contributed by atoms with van der Waals surface area (Å²) >= 11 is 1.47. The molecule has 0 radical (unpaired) electrons. The van der Waals surface area contributed by atoms with Crippen LogP contribution in [0.4, 0.5) is 0 Å². The van der Waals surface area contributed by atoms with Crippen LogP contribution in [0.1, 0.15) is 22.2 Å². The predicted octanol–water partition coefficient (Wildman–Crippen LogP) is 2.36. The number of carbonyl (C=O) groups excluding carboxylic acids is 1. The lowest BCUT2D eigenvalue weighted by atomic mass is 10.2. The molecule has 3 heteroatoms. The molecule has 0 aliphatic rings. The lowest BCUT2D eigenvalue weighted by Gasteiger charge is -2.02. The van der Waals surface area contributed by atoms with Crippen molar-refractivity contribution in [2.75, 3.05) is 6.54 Å². The van der Waals surface area contributed by atoms with Gasteiger partial charge in [0.25, 0.3) is 5.91 Å². The molecule has 70 valence electrons. The predicted molar refractivity (Wildman–Crippen MR) is 56.2 cm³/mol. The molecular formula is C10H13NOS. The van der Waals surface area contributed by atoms with E-state index in [4.69, 9.17) is 0 Å². The number of hydrogen-bond acceptors (Lipinski definition) is 2. The van der Waals surface area contributed by atoms with Crippen LogP contribution in [0.15, 0.2) is 23.6 Å². The molecule has 1 heterocycles. The maximum atomic E-state index is 11.5. The van der Waals surface area contributed by atoms with Gasteiger partial charge in [0.15, 0.2) is 0 Å². The lowest BCUT2D eigenvalue weighted by Crippen LogP contribution is -2.24. The van der Waals surface area contributed by atoms with Crippen molar-refractivity contribution in [2.24, 2.45) is 0 Å². The molecule has 1 aromatic heterocycles. The zero-order valence-electron chi connectivity index (χ0n) is 7.89. The average Bonchev–Trinajstić information content (AvgIpc) is 2.47. The zero-order chi connectivity index (χ0) is 9.84. The van der Waals surface area contributed by atoms with Crippen LogP contribution in [0.5, 0.6) is 0 Å². The average molecular weight is 195 g/mol. The molecule has 0 aromatic carbocycles. The Bertz CT molecular complexity index is 327. The van der Waals surface area contributed by atoms with Crippen molar-refractivity contribution < 1.29 is 4.79 Å². The summed E-state index contributed by atoms with van der Waals surface area (Å²) in [5, 5.41) is 4.72. The first-order chi connectivity index (χ1) is 6.11. The Morgan fingerprint density at radius 3 is 2.85 bits per heavy atom. The summed E-state index contributed by atoms with van der Waals surface area (Å²) in [5.74, 6) is -0.00417. The Morgan fingerprint density at radius 1 is 1.69 bits per heavy atom. The van der Waals surface area contributed by atoms with E-state index in [0.717, 1.165) is 16.0 Å². The van der Waals surface area contributed by atoms with Crippen LogP contribution in [0.3, 0.4) is 0 Å². The van der Waals surface area contributed by atoms with Crippen molar-refractivity contribution in [3.8, 4) is 0 Å². The minimum absolute atomic E-state index is 0.00417. The number of hydrogen-bond donors (Lipinski definition) is 1. The molecule has 13 heavy (non-hydrogen) atoms. The normalized spacial score (nSPS) is 9.69. The molecule has 0 saturated carbocycles. The molecular weight excluding hydrogens is 182 g/mol. The molecule has 1 aromatic rings. The first-order valence-corrected chi connectivity index (χ1v) is 4.96. The van der Waals surface area contributed by atoms with Gasteiger partial charge in [-0.15, -0.1) is 11.3 Å². The van der Waals surface area contributed by atoms with E-state index in [9.17, 15) is 4.79 Å². The van der Waals surface area contributed by atoms with Crippen LogP contribution in [0.25, 0.3) is 0 Å². The van der Waals surface area contributed by atoms with E-state index in [2.05, 4.69) is 11.9 Å². The van der Waals surface area contributed by atoms with Gasteiger partial charge >= 0.3 is 0 Å². The largest absolute Gasteiger partial charge is 0.348 e. The summed E-state index contributed by atoms with van der Waals surface area (Å²) in [6, 6.07) is 1.94.